The van der Waals surface area contributed by atoms with Crippen molar-refractivity contribution in [1.29, 1.82) is 0 Å². The number of benzene rings is 1. The van der Waals surface area contributed by atoms with E-state index in [0.717, 1.165) is 19.3 Å². The molecule has 2 atom stereocenters. The summed E-state index contributed by atoms with van der Waals surface area (Å²) >= 11 is 0. The summed E-state index contributed by atoms with van der Waals surface area (Å²) in [7, 11) is 0.495. The van der Waals surface area contributed by atoms with Crippen molar-refractivity contribution in [2.45, 2.75) is 37.6 Å². The van der Waals surface area contributed by atoms with Crippen LogP contribution in [0.15, 0.2) is 18.2 Å². The van der Waals surface area contributed by atoms with Gasteiger partial charge in [0.15, 0.2) is 0 Å². The number of nitrogens with zero attached hydrogens (tertiary/aromatic N) is 1. The largest absolute Gasteiger partial charge is 0.488 e. The Morgan fingerprint density at radius 1 is 1.26 bits per heavy atom. The summed E-state index contributed by atoms with van der Waals surface area (Å²) in [5, 5.41) is 18.5. The third kappa shape index (κ3) is 2.07. The molecule has 2 N–H and O–H groups in total. The molecule has 5 heteroatoms. The molecule has 1 aliphatic heterocycles. The Hall–Kier alpha value is -1.33. The number of aryl methyl sites for hydroxylation is 1. The van der Waals surface area contributed by atoms with E-state index in [4.69, 9.17) is 0 Å². The molecule has 1 amide bonds. The number of piperidine rings is 1. The molecule has 4 nitrogen and oxygen atoms in total. The van der Waals surface area contributed by atoms with Crippen LogP contribution in [0.4, 0.5) is 0 Å². The molecule has 1 heterocycles. The van der Waals surface area contributed by atoms with Crippen LogP contribution in [-0.2, 0) is 11.2 Å². The normalized spacial score (nSPS) is 25.8. The van der Waals surface area contributed by atoms with E-state index in [1.807, 2.05) is 24.1 Å². The summed E-state index contributed by atoms with van der Waals surface area (Å²) < 4.78 is 0. The standard InChI is InChI=1S/C14H18BNO3/c1-16-13-6-2-9-8-10(15(18)19)3-4-11(9)12(13)5-7-14(16)17/h3-4,8,12-13,18-19H,2,5-7H2,1H3/t12-,13-/m1/s1. The first kappa shape index (κ1) is 12.7. The summed E-state index contributed by atoms with van der Waals surface area (Å²) in [6.07, 6.45) is 3.38. The number of rotatable bonds is 1. The number of likely N-dealkylation sites (N-methyl/N-ethyl adjacent to an activating group) is 1. The maximum atomic E-state index is 11.8. The first-order valence-corrected chi connectivity index (χ1v) is 6.82. The minimum absolute atomic E-state index is 0.243. The molecule has 1 aliphatic carbocycles. The second kappa shape index (κ2) is 4.65. The molecule has 19 heavy (non-hydrogen) atoms. The minimum atomic E-state index is -1.40. The Morgan fingerprint density at radius 2 is 2.05 bits per heavy atom. The van der Waals surface area contributed by atoms with Gasteiger partial charge in [0.1, 0.15) is 0 Å². The van der Waals surface area contributed by atoms with Crippen molar-refractivity contribution >= 4 is 18.5 Å². The summed E-state index contributed by atoms with van der Waals surface area (Å²) in [5.74, 6) is 0.642. The highest BCUT2D eigenvalue weighted by molar-refractivity contribution is 6.58. The number of carbonyl (C=O) groups is 1. The van der Waals surface area contributed by atoms with E-state index in [1.54, 1.807) is 6.07 Å². The van der Waals surface area contributed by atoms with Gasteiger partial charge in [-0.3, -0.25) is 4.79 Å². The molecule has 0 bridgehead atoms. The Balaban J connectivity index is 1.95. The second-order valence-electron chi connectivity index (χ2n) is 5.59. The predicted molar refractivity (Wildman–Crippen MR) is 73.1 cm³/mol. The molecule has 3 rings (SSSR count). The Morgan fingerprint density at radius 3 is 2.79 bits per heavy atom. The molecule has 0 aromatic heterocycles. The number of hydrogen-bond acceptors (Lipinski definition) is 3. The van der Waals surface area contributed by atoms with Crippen LogP contribution in [0.25, 0.3) is 0 Å². The van der Waals surface area contributed by atoms with Crippen molar-refractivity contribution in [3.63, 3.8) is 0 Å². The van der Waals surface area contributed by atoms with Crippen molar-refractivity contribution in [2.75, 3.05) is 7.05 Å². The van der Waals surface area contributed by atoms with Gasteiger partial charge >= 0.3 is 7.12 Å². The predicted octanol–water partition coefficient (Wildman–Crippen LogP) is 0.0170. The van der Waals surface area contributed by atoms with Gasteiger partial charge < -0.3 is 14.9 Å². The molecule has 0 saturated carbocycles. The number of fused-ring (bicyclic) bond motifs is 3. The lowest BCUT2D eigenvalue weighted by molar-refractivity contribution is -0.135. The first-order valence-electron chi connectivity index (χ1n) is 6.82. The Labute approximate surface area is 113 Å². The van der Waals surface area contributed by atoms with E-state index in [2.05, 4.69) is 0 Å². The average molecular weight is 259 g/mol. The smallest absolute Gasteiger partial charge is 0.423 e. The van der Waals surface area contributed by atoms with Gasteiger partial charge in [-0.15, -0.1) is 0 Å². The number of hydrogen-bond donors (Lipinski definition) is 2. The average Bonchev–Trinajstić information content (AvgIpc) is 2.41. The molecule has 1 saturated heterocycles. The van der Waals surface area contributed by atoms with E-state index < -0.39 is 7.12 Å². The van der Waals surface area contributed by atoms with E-state index in [1.165, 1.54) is 11.1 Å². The molecule has 2 aliphatic rings. The Bertz CT molecular complexity index is 517. The van der Waals surface area contributed by atoms with E-state index in [9.17, 15) is 14.8 Å². The summed E-state index contributed by atoms with van der Waals surface area (Å²) in [6.45, 7) is 0. The number of carbonyl (C=O) groups excluding carboxylic acids is 1. The lowest BCUT2D eigenvalue weighted by atomic mass is 9.71. The lowest BCUT2D eigenvalue weighted by Crippen LogP contribution is -2.47. The molecule has 100 valence electrons. The zero-order valence-corrected chi connectivity index (χ0v) is 11.0. The zero-order chi connectivity index (χ0) is 13.6. The van der Waals surface area contributed by atoms with Crippen LogP contribution < -0.4 is 5.46 Å². The van der Waals surface area contributed by atoms with Gasteiger partial charge in [0.25, 0.3) is 0 Å². The lowest BCUT2D eigenvalue weighted by Gasteiger charge is -2.43. The van der Waals surface area contributed by atoms with Gasteiger partial charge in [0.05, 0.1) is 0 Å². The van der Waals surface area contributed by atoms with Crippen LogP contribution >= 0.6 is 0 Å². The van der Waals surface area contributed by atoms with Crippen LogP contribution in [-0.4, -0.2) is 41.1 Å². The molecular weight excluding hydrogens is 241 g/mol. The van der Waals surface area contributed by atoms with Crippen LogP contribution in [0.1, 0.15) is 36.3 Å². The zero-order valence-electron chi connectivity index (χ0n) is 11.0. The van der Waals surface area contributed by atoms with Gasteiger partial charge in [-0.1, -0.05) is 18.2 Å². The quantitative estimate of drug-likeness (QED) is 0.699. The third-order valence-electron chi connectivity index (χ3n) is 4.60. The molecule has 1 aromatic rings. The Kier molecular flexibility index (Phi) is 3.11. The monoisotopic (exact) mass is 259 g/mol. The first-order chi connectivity index (χ1) is 9.08. The van der Waals surface area contributed by atoms with Crippen LogP contribution in [0.3, 0.4) is 0 Å². The van der Waals surface area contributed by atoms with Gasteiger partial charge in [0, 0.05) is 25.4 Å². The number of likely N-dealkylation sites (tertiary alicyclic amines) is 1. The SMILES string of the molecule is CN1C(=O)CC[C@@H]2c3ccc(B(O)O)cc3CC[C@H]21. The fourth-order valence-corrected chi connectivity index (χ4v) is 3.53. The fourth-order valence-electron chi connectivity index (χ4n) is 3.53. The summed E-state index contributed by atoms with van der Waals surface area (Å²) in [4.78, 5) is 13.7. The van der Waals surface area contributed by atoms with Gasteiger partial charge in [-0.2, -0.15) is 0 Å². The van der Waals surface area contributed by atoms with Crippen LogP contribution in [0.2, 0.25) is 0 Å². The summed E-state index contributed by atoms with van der Waals surface area (Å²) in [5.41, 5.74) is 3.03. The third-order valence-corrected chi connectivity index (χ3v) is 4.60. The van der Waals surface area contributed by atoms with Gasteiger partial charge in [-0.05, 0) is 35.9 Å². The fraction of sp³-hybridized carbons (Fsp3) is 0.500. The van der Waals surface area contributed by atoms with Crippen molar-refractivity contribution < 1.29 is 14.8 Å². The van der Waals surface area contributed by atoms with E-state index >= 15 is 0 Å². The van der Waals surface area contributed by atoms with E-state index in [0.29, 0.717) is 23.8 Å². The highest BCUT2D eigenvalue weighted by Gasteiger charge is 2.37. The van der Waals surface area contributed by atoms with Gasteiger partial charge in [0.2, 0.25) is 5.91 Å². The molecule has 1 fully saturated rings. The van der Waals surface area contributed by atoms with Crippen LogP contribution in [0.5, 0.6) is 0 Å². The van der Waals surface area contributed by atoms with Crippen molar-refractivity contribution in [2.24, 2.45) is 0 Å². The van der Waals surface area contributed by atoms with Crippen molar-refractivity contribution in [3.8, 4) is 0 Å². The van der Waals surface area contributed by atoms with Crippen molar-refractivity contribution in [1.82, 2.24) is 4.90 Å². The van der Waals surface area contributed by atoms with Crippen molar-refractivity contribution in [3.05, 3.63) is 29.3 Å². The van der Waals surface area contributed by atoms with Crippen LogP contribution in [0, 0.1) is 0 Å². The highest BCUT2D eigenvalue weighted by atomic mass is 16.4. The molecule has 0 radical (unpaired) electrons. The van der Waals surface area contributed by atoms with E-state index in [-0.39, 0.29) is 5.91 Å². The van der Waals surface area contributed by atoms with Gasteiger partial charge in [-0.25, -0.2) is 0 Å². The minimum Gasteiger partial charge on any atom is -0.423 e. The molecule has 0 spiro atoms. The molecular formula is C14H18BNO3. The maximum Gasteiger partial charge on any atom is 0.488 e. The molecule has 0 unspecified atom stereocenters. The summed E-state index contributed by atoms with van der Waals surface area (Å²) in [6, 6.07) is 5.98. The molecule has 1 aromatic carbocycles. The topological polar surface area (TPSA) is 60.8 Å². The number of amides is 1. The second-order valence-corrected chi connectivity index (χ2v) is 5.59. The highest BCUT2D eigenvalue weighted by Crippen LogP contribution is 2.40. The maximum absolute atomic E-state index is 11.8.